The molecule has 0 aliphatic rings. The maximum Gasteiger partial charge on any atom is 0.202 e. The molecule has 0 spiro atoms. The molecule has 3 aromatic rings. The molecule has 128 valence electrons. The number of ether oxygens (including phenoxy) is 2. The molecular formula is C21H19BrO3. The van der Waals surface area contributed by atoms with Crippen molar-refractivity contribution in [2.45, 2.75) is 20.0 Å². The number of ketones is 1. The van der Waals surface area contributed by atoms with E-state index in [-0.39, 0.29) is 5.78 Å². The minimum absolute atomic E-state index is 0.0565. The molecule has 3 nitrogen and oxygen atoms in total. The maximum atomic E-state index is 12.6. The second kappa shape index (κ2) is 7.70. The van der Waals surface area contributed by atoms with Crippen LogP contribution >= 0.6 is 15.9 Å². The van der Waals surface area contributed by atoms with Crippen molar-refractivity contribution in [1.82, 2.24) is 0 Å². The van der Waals surface area contributed by atoms with Gasteiger partial charge in [-0.1, -0.05) is 28.1 Å². The first-order valence-electron chi connectivity index (χ1n) is 8.20. The summed E-state index contributed by atoms with van der Waals surface area (Å²) in [4.78, 5) is 12.6. The molecular weight excluding hydrogens is 380 g/mol. The molecule has 0 radical (unpaired) electrons. The van der Waals surface area contributed by atoms with E-state index < -0.39 is 6.10 Å². The van der Waals surface area contributed by atoms with E-state index in [0.29, 0.717) is 17.9 Å². The molecule has 0 aromatic heterocycles. The van der Waals surface area contributed by atoms with Crippen LogP contribution in [0.5, 0.6) is 11.5 Å². The number of carbonyl (C=O) groups is 1. The van der Waals surface area contributed by atoms with Gasteiger partial charge in [-0.25, -0.2) is 0 Å². The Morgan fingerprint density at radius 1 is 0.960 bits per heavy atom. The predicted octanol–water partition coefficient (Wildman–Crippen LogP) is 5.65. The van der Waals surface area contributed by atoms with E-state index in [4.69, 9.17) is 9.47 Å². The van der Waals surface area contributed by atoms with Gasteiger partial charge in [-0.15, -0.1) is 0 Å². The molecule has 0 heterocycles. The summed E-state index contributed by atoms with van der Waals surface area (Å²) in [5, 5.41) is 2.19. The van der Waals surface area contributed by atoms with Gasteiger partial charge in [0, 0.05) is 10.0 Å². The van der Waals surface area contributed by atoms with E-state index in [1.807, 2.05) is 43.3 Å². The monoisotopic (exact) mass is 398 g/mol. The average Bonchev–Trinajstić information content (AvgIpc) is 2.62. The fourth-order valence-corrected chi connectivity index (χ4v) is 3.02. The van der Waals surface area contributed by atoms with Crippen molar-refractivity contribution in [1.29, 1.82) is 0 Å². The zero-order valence-electron chi connectivity index (χ0n) is 14.2. The Bertz CT molecular complexity index is 887. The number of benzene rings is 3. The summed E-state index contributed by atoms with van der Waals surface area (Å²) in [7, 11) is 0. The minimum Gasteiger partial charge on any atom is -0.494 e. The Labute approximate surface area is 155 Å². The second-order valence-corrected chi connectivity index (χ2v) is 6.65. The third-order valence-corrected chi connectivity index (χ3v) is 4.40. The standard InChI is InChI=1S/C21H19BrO3/c1-3-24-19-9-5-15(6-10-19)21(23)14(2)25-20-11-7-16-12-18(22)8-4-17(16)13-20/h4-14H,3H2,1-2H3/t14-/m0/s1. The molecule has 4 heteroatoms. The van der Waals surface area contributed by atoms with Crippen LogP contribution in [0.2, 0.25) is 0 Å². The van der Waals surface area contributed by atoms with E-state index in [2.05, 4.69) is 15.9 Å². The van der Waals surface area contributed by atoms with Gasteiger partial charge in [0.1, 0.15) is 11.5 Å². The van der Waals surface area contributed by atoms with Gasteiger partial charge in [0.2, 0.25) is 5.78 Å². The van der Waals surface area contributed by atoms with Crippen LogP contribution in [0.3, 0.4) is 0 Å². The van der Waals surface area contributed by atoms with Crippen LogP contribution in [0.25, 0.3) is 10.8 Å². The molecule has 0 saturated heterocycles. The first-order valence-corrected chi connectivity index (χ1v) is 8.99. The minimum atomic E-state index is -0.564. The van der Waals surface area contributed by atoms with E-state index in [0.717, 1.165) is 21.0 Å². The molecule has 0 aliphatic heterocycles. The van der Waals surface area contributed by atoms with Gasteiger partial charge in [0.05, 0.1) is 6.61 Å². The van der Waals surface area contributed by atoms with Crippen molar-refractivity contribution < 1.29 is 14.3 Å². The molecule has 0 amide bonds. The number of hydrogen-bond donors (Lipinski definition) is 0. The second-order valence-electron chi connectivity index (χ2n) is 5.73. The highest BCUT2D eigenvalue weighted by Crippen LogP contribution is 2.25. The molecule has 0 N–H and O–H groups in total. The van der Waals surface area contributed by atoms with E-state index in [9.17, 15) is 4.79 Å². The van der Waals surface area contributed by atoms with Gasteiger partial charge < -0.3 is 9.47 Å². The summed E-state index contributed by atoms with van der Waals surface area (Å²) in [5.74, 6) is 1.38. The summed E-state index contributed by atoms with van der Waals surface area (Å²) in [5.41, 5.74) is 0.612. The van der Waals surface area contributed by atoms with Crippen molar-refractivity contribution in [3.05, 3.63) is 70.7 Å². The van der Waals surface area contributed by atoms with Gasteiger partial charge in [0.25, 0.3) is 0 Å². The fourth-order valence-electron chi connectivity index (χ4n) is 2.64. The van der Waals surface area contributed by atoms with Crippen molar-refractivity contribution in [2.24, 2.45) is 0 Å². The van der Waals surface area contributed by atoms with Gasteiger partial charge >= 0.3 is 0 Å². The SMILES string of the molecule is CCOc1ccc(C(=O)[C@H](C)Oc2ccc3cc(Br)ccc3c2)cc1. The Hall–Kier alpha value is -2.33. The third-order valence-electron chi connectivity index (χ3n) is 3.91. The van der Waals surface area contributed by atoms with E-state index in [1.54, 1.807) is 31.2 Å². The van der Waals surface area contributed by atoms with Crippen LogP contribution in [0.1, 0.15) is 24.2 Å². The Balaban J connectivity index is 1.73. The van der Waals surface area contributed by atoms with Crippen LogP contribution < -0.4 is 9.47 Å². The predicted molar refractivity (Wildman–Crippen MR) is 104 cm³/mol. The molecule has 0 bridgehead atoms. The number of rotatable bonds is 6. The highest BCUT2D eigenvalue weighted by molar-refractivity contribution is 9.10. The largest absolute Gasteiger partial charge is 0.494 e. The zero-order valence-corrected chi connectivity index (χ0v) is 15.7. The number of halogens is 1. The van der Waals surface area contributed by atoms with E-state index in [1.165, 1.54) is 0 Å². The topological polar surface area (TPSA) is 35.5 Å². The average molecular weight is 399 g/mol. The molecule has 3 aromatic carbocycles. The lowest BCUT2D eigenvalue weighted by Gasteiger charge is -2.14. The van der Waals surface area contributed by atoms with Crippen LogP contribution in [0.4, 0.5) is 0 Å². The van der Waals surface area contributed by atoms with Gasteiger partial charge in [0.15, 0.2) is 6.10 Å². The molecule has 25 heavy (non-hydrogen) atoms. The van der Waals surface area contributed by atoms with Crippen molar-refractivity contribution >= 4 is 32.5 Å². The summed E-state index contributed by atoms with van der Waals surface area (Å²) >= 11 is 3.47. The number of Topliss-reactive ketones (excluding diaryl/α,β-unsaturated/α-hetero) is 1. The lowest BCUT2D eigenvalue weighted by atomic mass is 10.1. The Morgan fingerprint density at radius 3 is 2.32 bits per heavy atom. The first-order chi connectivity index (χ1) is 12.1. The lowest BCUT2D eigenvalue weighted by Crippen LogP contribution is -2.23. The van der Waals surface area contributed by atoms with Crippen LogP contribution in [0.15, 0.2) is 65.1 Å². The molecule has 0 unspecified atom stereocenters. The van der Waals surface area contributed by atoms with Crippen LogP contribution in [-0.2, 0) is 0 Å². The number of hydrogen-bond acceptors (Lipinski definition) is 3. The summed E-state index contributed by atoms with van der Waals surface area (Å²) < 4.78 is 12.3. The Kier molecular flexibility index (Phi) is 5.39. The first kappa shape index (κ1) is 17.5. The number of fused-ring (bicyclic) bond motifs is 1. The molecule has 3 rings (SSSR count). The Morgan fingerprint density at radius 2 is 1.60 bits per heavy atom. The summed E-state index contributed by atoms with van der Waals surface area (Å²) in [6, 6.07) is 19.0. The summed E-state index contributed by atoms with van der Waals surface area (Å²) in [6.07, 6.45) is -0.564. The smallest absolute Gasteiger partial charge is 0.202 e. The summed E-state index contributed by atoms with van der Waals surface area (Å²) in [6.45, 7) is 4.30. The van der Waals surface area contributed by atoms with E-state index >= 15 is 0 Å². The zero-order chi connectivity index (χ0) is 17.8. The van der Waals surface area contributed by atoms with Gasteiger partial charge in [-0.05, 0) is 73.2 Å². The van der Waals surface area contributed by atoms with Gasteiger partial charge in [-0.2, -0.15) is 0 Å². The number of carbonyl (C=O) groups excluding carboxylic acids is 1. The quantitative estimate of drug-likeness (QED) is 0.503. The van der Waals surface area contributed by atoms with Crippen molar-refractivity contribution in [3.8, 4) is 11.5 Å². The third kappa shape index (κ3) is 4.20. The lowest BCUT2D eigenvalue weighted by molar-refractivity contribution is 0.0818. The highest BCUT2D eigenvalue weighted by Gasteiger charge is 2.17. The normalized spacial score (nSPS) is 12.0. The molecule has 1 atom stereocenters. The van der Waals surface area contributed by atoms with Crippen LogP contribution in [0, 0.1) is 0 Å². The van der Waals surface area contributed by atoms with Crippen LogP contribution in [-0.4, -0.2) is 18.5 Å². The fraction of sp³-hybridized carbons (Fsp3) is 0.190. The molecule has 0 fully saturated rings. The molecule has 0 aliphatic carbocycles. The highest BCUT2D eigenvalue weighted by atomic mass is 79.9. The molecule has 0 saturated carbocycles. The van der Waals surface area contributed by atoms with Crippen molar-refractivity contribution in [2.75, 3.05) is 6.61 Å². The maximum absolute atomic E-state index is 12.6. The van der Waals surface area contributed by atoms with Gasteiger partial charge in [-0.3, -0.25) is 4.79 Å². The van der Waals surface area contributed by atoms with Crippen molar-refractivity contribution in [3.63, 3.8) is 0 Å².